The van der Waals surface area contributed by atoms with Gasteiger partial charge in [-0.15, -0.1) is 0 Å². The first kappa shape index (κ1) is 12.9. The zero-order valence-electron chi connectivity index (χ0n) is 9.35. The van der Waals surface area contributed by atoms with Crippen molar-refractivity contribution in [3.63, 3.8) is 0 Å². The quantitative estimate of drug-likeness (QED) is 0.716. The van der Waals surface area contributed by atoms with Crippen LogP contribution in [0.3, 0.4) is 0 Å². The van der Waals surface area contributed by atoms with E-state index in [1.54, 1.807) is 7.05 Å². The van der Waals surface area contributed by atoms with Crippen molar-refractivity contribution >= 4 is 10.0 Å². The largest absolute Gasteiger partial charge is 0.377 e. The van der Waals surface area contributed by atoms with Crippen LogP contribution in [0.5, 0.6) is 0 Å². The summed E-state index contributed by atoms with van der Waals surface area (Å²) in [6, 6.07) is -0.0206. The first-order valence-electron chi connectivity index (χ1n) is 5.26. The Morgan fingerprint density at radius 2 is 2.20 bits per heavy atom. The molecule has 15 heavy (non-hydrogen) atoms. The van der Waals surface area contributed by atoms with Crippen LogP contribution < -0.4 is 5.73 Å². The van der Waals surface area contributed by atoms with Crippen molar-refractivity contribution in [3.8, 4) is 0 Å². The van der Waals surface area contributed by atoms with Crippen LogP contribution in [0.4, 0.5) is 0 Å². The van der Waals surface area contributed by atoms with Gasteiger partial charge in [-0.3, -0.25) is 0 Å². The third-order valence-electron chi connectivity index (χ3n) is 2.85. The number of ether oxygens (including phenoxy) is 1. The zero-order chi connectivity index (χ0) is 11.5. The number of rotatable bonds is 5. The van der Waals surface area contributed by atoms with E-state index in [9.17, 15) is 8.42 Å². The summed E-state index contributed by atoms with van der Waals surface area (Å²) in [6.07, 6.45) is 1.27. The third-order valence-corrected chi connectivity index (χ3v) is 4.80. The van der Waals surface area contributed by atoms with Gasteiger partial charge >= 0.3 is 0 Å². The van der Waals surface area contributed by atoms with Gasteiger partial charge in [-0.05, 0) is 26.3 Å². The Kier molecular flexibility index (Phi) is 4.51. The molecule has 5 nitrogen and oxygen atoms in total. The molecule has 0 saturated carbocycles. The van der Waals surface area contributed by atoms with Gasteiger partial charge in [-0.1, -0.05) is 0 Å². The maximum absolute atomic E-state index is 11.8. The fraction of sp³-hybridized carbons (Fsp3) is 1.00. The van der Waals surface area contributed by atoms with Crippen LogP contribution in [0.25, 0.3) is 0 Å². The number of nitrogens with two attached hydrogens (primary N) is 1. The van der Waals surface area contributed by atoms with Crippen LogP contribution in [-0.2, 0) is 14.8 Å². The van der Waals surface area contributed by atoms with Crippen LogP contribution in [-0.4, -0.2) is 50.8 Å². The summed E-state index contributed by atoms with van der Waals surface area (Å²) in [5.74, 6) is 0.128. The maximum Gasteiger partial charge on any atom is 0.214 e. The summed E-state index contributed by atoms with van der Waals surface area (Å²) >= 11 is 0. The smallest absolute Gasteiger partial charge is 0.214 e. The monoisotopic (exact) mass is 236 g/mol. The van der Waals surface area contributed by atoms with E-state index >= 15 is 0 Å². The van der Waals surface area contributed by atoms with Gasteiger partial charge in [-0.2, -0.15) is 4.31 Å². The predicted molar refractivity (Wildman–Crippen MR) is 59.0 cm³/mol. The molecule has 0 aliphatic carbocycles. The van der Waals surface area contributed by atoms with Crippen LogP contribution in [0.1, 0.15) is 19.8 Å². The van der Waals surface area contributed by atoms with E-state index in [1.165, 1.54) is 4.31 Å². The number of nitrogens with zero attached hydrogens (tertiary/aromatic N) is 1. The van der Waals surface area contributed by atoms with Crippen molar-refractivity contribution < 1.29 is 13.2 Å². The molecule has 2 atom stereocenters. The van der Waals surface area contributed by atoms with E-state index < -0.39 is 10.0 Å². The Bertz CT molecular complexity index is 292. The fourth-order valence-electron chi connectivity index (χ4n) is 1.81. The number of hydrogen-bond acceptors (Lipinski definition) is 4. The molecule has 2 unspecified atom stereocenters. The van der Waals surface area contributed by atoms with Crippen LogP contribution in [0.15, 0.2) is 0 Å². The lowest BCUT2D eigenvalue weighted by Crippen LogP contribution is -2.42. The summed E-state index contributed by atoms with van der Waals surface area (Å²) in [5, 5.41) is 0. The molecule has 0 spiro atoms. The lowest BCUT2D eigenvalue weighted by atomic mass is 10.2. The van der Waals surface area contributed by atoms with Gasteiger partial charge in [0.15, 0.2) is 0 Å². The molecule has 1 fully saturated rings. The second kappa shape index (κ2) is 5.25. The highest BCUT2D eigenvalue weighted by Crippen LogP contribution is 2.20. The lowest BCUT2D eigenvalue weighted by molar-refractivity contribution is 0.102. The van der Waals surface area contributed by atoms with Gasteiger partial charge in [0.1, 0.15) is 0 Å². The average molecular weight is 236 g/mol. The highest BCUT2D eigenvalue weighted by Gasteiger charge is 2.33. The molecule has 0 aromatic heterocycles. The van der Waals surface area contributed by atoms with Crippen molar-refractivity contribution in [2.24, 2.45) is 5.73 Å². The molecule has 1 aliphatic heterocycles. The highest BCUT2D eigenvalue weighted by molar-refractivity contribution is 7.89. The van der Waals surface area contributed by atoms with Gasteiger partial charge in [0.25, 0.3) is 0 Å². The molecule has 90 valence electrons. The molecule has 0 amide bonds. The SMILES string of the molecule is CC1OCCC1N(C)S(=O)(=O)CCCN. The standard InChI is InChI=1S/C9H20N2O3S/c1-8-9(4-6-14-8)11(2)15(12,13)7-3-5-10/h8-9H,3-7,10H2,1-2H3. The first-order chi connectivity index (χ1) is 6.99. The Hall–Kier alpha value is -0.170. The summed E-state index contributed by atoms with van der Waals surface area (Å²) in [5.41, 5.74) is 5.31. The summed E-state index contributed by atoms with van der Waals surface area (Å²) in [6.45, 7) is 2.96. The zero-order valence-corrected chi connectivity index (χ0v) is 10.2. The Balaban J connectivity index is 2.62. The van der Waals surface area contributed by atoms with Crippen molar-refractivity contribution in [3.05, 3.63) is 0 Å². The maximum atomic E-state index is 11.8. The second-order valence-electron chi connectivity index (χ2n) is 3.91. The molecule has 1 aliphatic rings. The third kappa shape index (κ3) is 3.14. The van der Waals surface area contributed by atoms with Crippen LogP contribution >= 0.6 is 0 Å². The van der Waals surface area contributed by atoms with E-state index in [0.29, 0.717) is 19.6 Å². The Morgan fingerprint density at radius 1 is 1.53 bits per heavy atom. The van der Waals surface area contributed by atoms with Gasteiger partial charge in [-0.25, -0.2) is 8.42 Å². The Labute approximate surface area is 91.6 Å². The van der Waals surface area contributed by atoms with Crippen LogP contribution in [0, 0.1) is 0 Å². The van der Waals surface area contributed by atoms with E-state index in [1.807, 2.05) is 6.92 Å². The fourth-order valence-corrected chi connectivity index (χ4v) is 3.32. The predicted octanol–water partition coefficient (Wildman–Crippen LogP) is -0.226. The van der Waals surface area contributed by atoms with Crippen LogP contribution in [0.2, 0.25) is 0 Å². The topological polar surface area (TPSA) is 72.6 Å². The molecular formula is C9H20N2O3S. The number of hydrogen-bond donors (Lipinski definition) is 1. The molecule has 0 radical (unpaired) electrons. The van der Waals surface area contributed by atoms with Gasteiger partial charge < -0.3 is 10.5 Å². The second-order valence-corrected chi connectivity index (χ2v) is 6.05. The normalized spacial score (nSPS) is 27.5. The minimum absolute atomic E-state index is 0.0114. The molecule has 0 aromatic rings. The van der Waals surface area contributed by atoms with Gasteiger partial charge in [0, 0.05) is 13.7 Å². The van der Waals surface area contributed by atoms with E-state index in [-0.39, 0.29) is 17.9 Å². The number of likely N-dealkylation sites (N-methyl/N-ethyl adjacent to an activating group) is 1. The molecule has 1 rings (SSSR count). The molecule has 0 bridgehead atoms. The van der Waals surface area contributed by atoms with Crippen molar-refractivity contribution in [2.45, 2.75) is 31.9 Å². The minimum atomic E-state index is -3.17. The van der Waals surface area contributed by atoms with E-state index in [2.05, 4.69) is 0 Å². The van der Waals surface area contributed by atoms with Crippen molar-refractivity contribution in [1.29, 1.82) is 0 Å². The molecule has 2 N–H and O–H groups in total. The average Bonchev–Trinajstić information content (AvgIpc) is 2.60. The first-order valence-corrected chi connectivity index (χ1v) is 6.87. The molecule has 1 heterocycles. The molecule has 1 saturated heterocycles. The van der Waals surface area contributed by atoms with E-state index in [0.717, 1.165) is 6.42 Å². The van der Waals surface area contributed by atoms with E-state index in [4.69, 9.17) is 10.5 Å². The summed E-state index contributed by atoms with van der Waals surface area (Å²) < 4.78 is 30.5. The van der Waals surface area contributed by atoms with Crippen molar-refractivity contribution in [1.82, 2.24) is 4.31 Å². The molecule has 6 heteroatoms. The van der Waals surface area contributed by atoms with Gasteiger partial charge in [0.2, 0.25) is 10.0 Å². The van der Waals surface area contributed by atoms with Gasteiger partial charge in [0.05, 0.1) is 17.9 Å². The molecule has 0 aromatic carbocycles. The summed E-state index contributed by atoms with van der Waals surface area (Å²) in [4.78, 5) is 0. The Morgan fingerprint density at radius 3 is 2.67 bits per heavy atom. The van der Waals surface area contributed by atoms with Crippen molar-refractivity contribution in [2.75, 3.05) is 26.0 Å². The summed E-state index contributed by atoms with van der Waals surface area (Å²) in [7, 11) is -1.54. The lowest BCUT2D eigenvalue weighted by Gasteiger charge is -2.25. The highest BCUT2D eigenvalue weighted by atomic mass is 32.2. The molecular weight excluding hydrogens is 216 g/mol. The minimum Gasteiger partial charge on any atom is -0.377 e. The number of sulfonamides is 1.